The Labute approximate surface area is 159 Å². The van der Waals surface area contributed by atoms with Gasteiger partial charge < -0.3 is 14.1 Å². The van der Waals surface area contributed by atoms with Crippen LogP contribution in [0.4, 0.5) is 0 Å². The molecule has 1 saturated heterocycles. The second-order valence-electron chi connectivity index (χ2n) is 6.56. The van der Waals surface area contributed by atoms with Crippen LogP contribution >= 0.6 is 0 Å². The number of carbonyl (C=O) groups excluding carboxylic acids is 1. The average molecular weight is 392 g/mol. The first-order chi connectivity index (χ1) is 12.9. The molecule has 27 heavy (non-hydrogen) atoms. The van der Waals surface area contributed by atoms with Crippen LogP contribution in [0.15, 0.2) is 45.9 Å². The van der Waals surface area contributed by atoms with E-state index in [1.807, 2.05) is 24.3 Å². The van der Waals surface area contributed by atoms with Crippen molar-refractivity contribution in [1.82, 2.24) is 9.21 Å². The van der Waals surface area contributed by atoms with E-state index >= 15 is 0 Å². The molecule has 0 N–H and O–H groups in total. The molecule has 8 heteroatoms. The Bertz CT molecular complexity index is 900. The number of hydrogen-bond acceptors (Lipinski definition) is 5. The average Bonchev–Trinajstić information content (AvgIpc) is 3.19. The maximum Gasteiger partial charge on any atom is 0.289 e. The van der Waals surface area contributed by atoms with Crippen LogP contribution in [-0.2, 0) is 16.6 Å². The van der Waals surface area contributed by atoms with E-state index in [2.05, 4.69) is 0 Å². The number of benzene rings is 1. The van der Waals surface area contributed by atoms with Gasteiger partial charge in [-0.15, -0.1) is 0 Å². The van der Waals surface area contributed by atoms with Gasteiger partial charge in [-0.2, -0.15) is 4.31 Å². The predicted octanol–water partition coefficient (Wildman–Crippen LogP) is 2.74. The van der Waals surface area contributed by atoms with Crippen LogP contribution in [0.2, 0.25) is 0 Å². The van der Waals surface area contributed by atoms with Gasteiger partial charge in [0.2, 0.25) is 5.09 Å². The summed E-state index contributed by atoms with van der Waals surface area (Å²) < 4.78 is 37.5. The Morgan fingerprint density at radius 1 is 1.15 bits per heavy atom. The summed E-state index contributed by atoms with van der Waals surface area (Å²) in [6.45, 7) is 1.29. The molecule has 146 valence electrons. The van der Waals surface area contributed by atoms with Crippen LogP contribution in [0.5, 0.6) is 5.75 Å². The lowest BCUT2D eigenvalue weighted by Gasteiger charge is -2.24. The van der Waals surface area contributed by atoms with E-state index in [0.29, 0.717) is 25.4 Å². The van der Waals surface area contributed by atoms with Crippen molar-refractivity contribution in [3.63, 3.8) is 0 Å². The summed E-state index contributed by atoms with van der Waals surface area (Å²) in [5.74, 6) is 0.300. The van der Waals surface area contributed by atoms with Gasteiger partial charge in [0.05, 0.1) is 7.11 Å². The number of ether oxygens (including phenoxy) is 1. The minimum Gasteiger partial charge on any atom is -0.496 e. The van der Waals surface area contributed by atoms with Crippen molar-refractivity contribution in [2.24, 2.45) is 0 Å². The van der Waals surface area contributed by atoms with Crippen LogP contribution in [0.1, 0.15) is 35.4 Å². The lowest BCUT2D eigenvalue weighted by atomic mass is 10.2. The molecule has 7 nitrogen and oxygen atoms in total. The van der Waals surface area contributed by atoms with Gasteiger partial charge in [0.25, 0.3) is 15.9 Å². The zero-order valence-corrected chi connectivity index (χ0v) is 16.4. The van der Waals surface area contributed by atoms with Gasteiger partial charge in [0.1, 0.15) is 5.75 Å². The lowest BCUT2D eigenvalue weighted by molar-refractivity contribution is 0.0746. The second-order valence-corrected chi connectivity index (χ2v) is 8.43. The number of carbonyl (C=O) groups is 1. The first kappa shape index (κ1) is 19.4. The van der Waals surface area contributed by atoms with Gasteiger partial charge in [0, 0.05) is 32.2 Å². The van der Waals surface area contributed by atoms with Gasteiger partial charge in [-0.25, -0.2) is 8.42 Å². The summed E-state index contributed by atoms with van der Waals surface area (Å²) in [7, 11) is -0.485. The fourth-order valence-corrected chi connectivity index (χ4v) is 4.58. The number of piperidine rings is 1. The highest BCUT2D eigenvalue weighted by Crippen LogP contribution is 2.24. The molecule has 2 heterocycles. The Morgan fingerprint density at radius 2 is 1.85 bits per heavy atom. The summed E-state index contributed by atoms with van der Waals surface area (Å²) in [5, 5.41) is -0.182. The number of hydrogen-bond donors (Lipinski definition) is 0. The molecule has 1 aliphatic rings. The van der Waals surface area contributed by atoms with Crippen molar-refractivity contribution in [3.8, 4) is 5.75 Å². The molecule has 1 aromatic heterocycles. The Hall–Kier alpha value is -2.32. The van der Waals surface area contributed by atoms with E-state index in [4.69, 9.17) is 9.15 Å². The summed E-state index contributed by atoms with van der Waals surface area (Å²) in [5.41, 5.74) is 0.851. The van der Waals surface area contributed by atoms with E-state index in [1.165, 1.54) is 21.3 Å². The number of para-hydroxylation sites is 1. The number of nitrogens with zero attached hydrogens (tertiary/aromatic N) is 2. The molecule has 0 unspecified atom stereocenters. The van der Waals surface area contributed by atoms with Crippen molar-refractivity contribution in [3.05, 3.63) is 47.7 Å². The van der Waals surface area contributed by atoms with E-state index in [-0.39, 0.29) is 16.8 Å². The molecule has 0 saturated carbocycles. The highest BCUT2D eigenvalue weighted by molar-refractivity contribution is 7.89. The van der Waals surface area contributed by atoms with Gasteiger partial charge >= 0.3 is 0 Å². The molecular weight excluding hydrogens is 368 g/mol. The molecule has 1 fully saturated rings. The second kappa shape index (κ2) is 8.14. The summed E-state index contributed by atoms with van der Waals surface area (Å²) in [6.07, 6.45) is 2.71. The van der Waals surface area contributed by atoms with E-state index in [0.717, 1.165) is 24.8 Å². The normalized spacial score (nSPS) is 15.5. The van der Waals surface area contributed by atoms with Crippen LogP contribution in [0, 0.1) is 0 Å². The number of sulfonamides is 1. The molecule has 0 atom stereocenters. The molecule has 3 rings (SSSR count). The summed E-state index contributed by atoms with van der Waals surface area (Å²) in [4.78, 5) is 14.1. The third-order valence-corrected chi connectivity index (χ3v) is 6.42. The van der Waals surface area contributed by atoms with E-state index in [1.54, 1.807) is 14.2 Å². The quantitative estimate of drug-likeness (QED) is 0.755. The topological polar surface area (TPSA) is 80.1 Å². The number of amides is 1. The zero-order chi connectivity index (χ0) is 19.4. The maximum absolute atomic E-state index is 12.7. The third-order valence-electron chi connectivity index (χ3n) is 4.65. The largest absolute Gasteiger partial charge is 0.496 e. The fraction of sp³-hybridized carbons (Fsp3) is 0.421. The lowest BCUT2D eigenvalue weighted by Crippen LogP contribution is -2.35. The van der Waals surface area contributed by atoms with Gasteiger partial charge in [-0.3, -0.25) is 4.79 Å². The van der Waals surface area contributed by atoms with Crippen LogP contribution < -0.4 is 4.74 Å². The van der Waals surface area contributed by atoms with Crippen LogP contribution in [0.25, 0.3) is 0 Å². The smallest absolute Gasteiger partial charge is 0.289 e. The Balaban J connectivity index is 1.74. The van der Waals surface area contributed by atoms with Crippen molar-refractivity contribution < 1.29 is 22.4 Å². The molecule has 0 spiro atoms. The third kappa shape index (κ3) is 4.17. The van der Waals surface area contributed by atoms with Crippen molar-refractivity contribution in [2.75, 3.05) is 27.2 Å². The first-order valence-electron chi connectivity index (χ1n) is 8.91. The highest BCUT2D eigenvalue weighted by Gasteiger charge is 2.30. The van der Waals surface area contributed by atoms with Crippen molar-refractivity contribution >= 4 is 15.9 Å². The van der Waals surface area contributed by atoms with Gasteiger partial charge in [-0.05, 0) is 31.0 Å². The minimum absolute atomic E-state index is 0.00276. The highest BCUT2D eigenvalue weighted by atomic mass is 32.2. The van der Waals surface area contributed by atoms with E-state index in [9.17, 15) is 13.2 Å². The van der Waals surface area contributed by atoms with Gasteiger partial charge in [0.15, 0.2) is 5.76 Å². The first-order valence-corrected chi connectivity index (χ1v) is 10.3. The summed E-state index contributed by atoms with van der Waals surface area (Å²) in [6, 6.07) is 10.2. The molecule has 1 aromatic carbocycles. The minimum atomic E-state index is -3.69. The Morgan fingerprint density at radius 3 is 2.56 bits per heavy atom. The molecule has 0 aliphatic carbocycles. The SMILES string of the molecule is COc1ccccc1CN(C)C(=O)c1ccc(S(=O)(=O)N2CCCCC2)o1. The van der Waals surface area contributed by atoms with Gasteiger partial charge in [-0.1, -0.05) is 24.6 Å². The molecule has 2 aromatic rings. The number of furan rings is 1. The maximum atomic E-state index is 12.7. The standard InChI is InChI=1S/C19H24N2O5S/c1-20(14-15-8-4-5-9-16(15)25-2)19(22)17-10-11-18(26-17)27(23,24)21-12-6-3-7-13-21/h4-5,8-11H,3,6-7,12-14H2,1-2H3. The molecule has 1 amide bonds. The van der Waals surface area contributed by atoms with Crippen molar-refractivity contribution in [2.45, 2.75) is 30.9 Å². The number of methoxy groups -OCH3 is 1. The number of rotatable bonds is 6. The van der Waals surface area contributed by atoms with E-state index < -0.39 is 10.0 Å². The molecule has 1 aliphatic heterocycles. The monoisotopic (exact) mass is 392 g/mol. The van der Waals surface area contributed by atoms with Crippen LogP contribution in [0.3, 0.4) is 0 Å². The predicted molar refractivity (Wildman–Crippen MR) is 100 cm³/mol. The van der Waals surface area contributed by atoms with Crippen molar-refractivity contribution in [1.29, 1.82) is 0 Å². The molecule has 0 bridgehead atoms. The van der Waals surface area contributed by atoms with Crippen LogP contribution in [-0.4, -0.2) is 50.8 Å². The molecule has 0 radical (unpaired) electrons. The Kier molecular flexibility index (Phi) is 5.86. The summed E-state index contributed by atoms with van der Waals surface area (Å²) >= 11 is 0. The fourth-order valence-electron chi connectivity index (χ4n) is 3.16. The molecular formula is C19H24N2O5S. The zero-order valence-electron chi connectivity index (χ0n) is 15.6.